The van der Waals surface area contributed by atoms with Crippen LogP contribution in [0.25, 0.3) is 10.9 Å². The number of aromatic nitrogens is 1. The molecule has 0 radical (unpaired) electrons. The van der Waals surface area contributed by atoms with Crippen LogP contribution in [-0.4, -0.2) is 28.3 Å². The Bertz CT molecular complexity index is 498. The van der Waals surface area contributed by atoms with Crippen molar-refractivity contribution in [1.29, 1.82) is 0 Å². The van der Waals surface area contributed by atoms with Gasteiger partial charge in [-0.3, -0.25) is 9.88 Å². The molecule has 0 saturated heterocycles. The van der Waals surface area contributed by atoms with E-state index in [4.69, 9.17) is 0 Å². The molecule has 0 bridgehead atoms. The summed E-state index contributed by atoms with van der Waals surface area (Å²) in [5.74, 6) is 0. The van der Waals surface area contributed by atoms with Crippen LogP contribution in [0.5, 0.6) is 0 Å². The lowest BCUT2D eigenvalue weighted by Crippen LogP contribution is -2.29. The highest BCUT2D eigenvalue weighted by Gasteiger charge is 2.08. The Morgan fingerprint density at radius 3 is 2.94 bits per heavy atom. The van der Waals surface area contributed by atoms with Gasteiger partial charge < -0.3 is 0 Å². The van der Waals surface area contributed by atoms with Crippen molar-refractivity contribution < 1.29 is 0 Å². The molecule has 2 aromatic rings. The lowest BCUT2D eigenvalue weighted by atomic mass is 10.1. The zero-order valence-corrected chi connectivity index (χ0v) is 11.8. The minimum atomic E-state index is 0.541. The summed E-state index contributed by atoms with van der Waals surface area (Å²) in [6, 6.07) is 11.1. The largest absolute Gasteiger partial charge is 0.299 e. The molecular weight excluding hydrogens is 276 g/mol. The topological polar surface area (TPSA) is 16.1 Å². The van der Waals surface area contributed by atoms with E-state index in [2.05, 4.69) is 64.1 Å². The molecule has 3 heteroatoms. The van der Waals surface area contributed by atoms with Crippen LogP contribution in [0, 0.1) is 0 Å². The van der Waals surface area contributed by atoms with E-state index >= 15 is 0 Å². The quantitative estimate of drug-likeness (QED) is 0.803. The number of halogens is 1. The van der Waals surface area contributed by atoms with E-state index < -0.39 is 0 Å². The van der Waals surface area contributed by atoms with Gasteiger partial charge in [0.15, 0.2) is 0 Å². The number of benzene rings is 1. The highest BCUT2D eigenvalue weighted by atomic mass is 79.9. The zero-order valence-electron chi connectivity index (χ0n) is 10.2. The highest BCUT2D eigenvalue weighted by molar-refractivity contribution is 9.09. The van der Waals surface area contributed by atoms with Gasteiger partial charge in [-0.15, -0.1) is 0 Å². The smallest absolute Gasteiger partial charge is 0.0702 e. The molecule has 1 unspecified atom stereocenters. The second-order valence-electron chi connectivity index (χ2n) is 4.45. The fraction of sp³-hybridized carbons (Fsp3) is 0.357. The summed E-state index contributed by atoms with van der Waals surface area (Å²) in [5.41, 5.74) is 2.40. The molecular formula is C14H17BrN2. The molecule has 17 heavy (non-hydrogen) atoms. The van der Waals surface area contributed by atoms with Crippen molar-refractivity contribution in [3.8, 4) is 0 Å². The lowest BCUT2D eigenvalue weighted by molar-refractivity contribution is 0.271. The SMILES string of the molecule is CC(CBr)N(C)Cc1ccc2ncccc2c1. The zero-order chi connectivity index (χ0) is 12.3. The van der Waals surface area contributed by atoms with Crippen molar-refractivity contribution in [2.75, 3.05) is 12.4 Å². The Kier molecular flexibility index (Phi) is 4.13. The molecule has 0 fully saturated rings. The summed E-state index contributed by atoms with van der Waals surface area (Å²) in [4.78, 5) is 6.67. The van der Waals surface area contributed by atoms with Crippen LogP contribution in [0.15, 0.2) is 36.5 Å². The number of fused-ring (bicyclic) bond motifs is 1. The summed E-state index contributed by atoms with van der Waals surface area (Å²) in [6.45, 7) is 3.19. The Hall–Kier alpha value is -0.930. The summed E-state index contributed by atoms with van der Waals surface area (Å²) in [6.07, 6.45) is 1.83. The Labute approximate surface area is 111 Å². The first-order valence-corrected chi connectivity index (χ1v) is 6.92. The Morgan fingerprint density at radius 1 is 1.35 bits per heavy atom. The van der Waals surface area contributed by atoms with Crippen LogP contribution < -0.4 is 0 Å². The fourth-order valence-corrected chi connectivity index (χ4v) is 2.28. The number of pyridine rings is 1. The van der Waals surface area contributed by atoms with Gasteiger partial charge in [-0.2, -0.15) is 0 Å². The first-order chi connectivity index (χ1) is 8.20. The molecule has 0 aliphatic carbocycles. The third kappa shape index (κ3) is 3.05. The van der Waals surface area contributed by atoms with Gasteiger partial charge in [0.1, 0.15) is 0 Å². The molecule has 1 aromatic heterocycles. The van der Waals surface area contributed by atoms with Crippen LogP contribution in [0.2, 0.25) is 0 Å². The highest BCUT2D eigenvalue weighted by Crippen LogP contribution is 2.15. The van der Waals surface area contributed by atoms with E-state index in [1.165, 1.54) is 10.9 Å². The number of nitrogens with zero attached hydrogens (tertiary/aromatic N) is 2. The normalized spacial score (nSPS) is 13.2. The van der Waals surface area contributed by atoms with E-state index in [-0.39, 0.29) is 0 Å². The maximum absolute atomic E-state index is 4.33. The van der Waals surface area contributed by atoms with Gasteiger partial charge in [0.05, 0.1) is 5.52 Å². The molecule has 0 aliphatic heterocycles. The maximum atomic E-state index is 4.33. The summed E-state index contributed by atoms with van der Waals surface area (Å²) < 4.78 is 0. The van der Waals surface area contributed by atoms with Crippen molar-refractivity contribution in [2.45, 2.75) is 19.5 Å². The van der Waals surface area contributed by atoms with Crippen molar-refractivity contribution in [1.82, 2.24) is 9.88 Å². The van der Waals surface area contributed by atoms with Gasteiger partial charge in [-0.25, -0.2) is 0 Å². The van der Waals surface area contributed by atoms with Crippen molar-refractivity contribution >= 4 is 26.8 Å². The molecule has 2 rings (SSSR count). The first-order valence-electron chi connectivity index (χ1n) is 5.80. The van der Waals surface area contributed by atoms with Crippen molar-refractivity contribution in [3.63, 3.8) is 0 Å². The van der Waals surface area contributed by atoms with E-state index in [1.54, 1.807) is 0 Å². The fourth-order valence-electron chi connectivity index (χ4n) is 1.79. The second kappa shape index (κ2) is 5.61. The maximum Gasteiger partial charge on any atom is 0.0702 e. The molecule has 0 aliphatic rings. The van der Waals surface area contributed by atoms with Crippen LogP contribution >= 0.6 is 15.9 Å². The van der Waals surface area contributed by atoms with Gasteiger partial charge >= 0.3 is 0 Å². The summed E-state index contributed by atoms with van der Waals surface area (Å²) >= 11 is 3.52. The number of hydrogen-bond donors (Lipinski definition) is 0. The van der Waals surface area contributed by atoms with E-state index in [0.29, 0.717) is 6.04 Å². The van der Waals surface area contributed by atoms with Crippen LogP contribution in [0.1, 0.15) is 12.5 Å². The molecule has 0 N–H and O–H groups in total. The molecule has 0 spiro atoms. The monoisotopic (exact) mass is 292 g/mol. The standard InChI is InChI=1S/C14H17BrN2/c1-11(9-15)17(2)10-12-5-6-14-13(8-12)4-3-7-16-14/h3-8,11H,9-10H2,1-2H3. The first kappa shape index (κ1) is 12.5. The molecule has 1 atom stereocenters. The molecule has 0 saturated carbocycles. The van der Waals surface area contributed by atoms with Crippen molar-refractivity contribution in [3.05, 3.63) is 42.1 Å². The van der Waals surface area contributed by atoms with Crippen molar-refractivity contribution in [2.24, 2.45) is 0 Å². The van der Waals surface area contributed by atoms with Gasteiger partial charge in [0.2, 0.25) is 0 Å². The molecule has 90 valence electrons. The summed E-state index contributed by atoms with van der Waals surface area (Å²) in [5, 5.41) is 2.21. The number of rotatable bonds is 4. The van der Waals surface area contributed by atoms with E-state index in [1.807, 2.05) is 12.3 Å². The Balaban J connectivity index is 2.19. The van der Waals surface area contributed by atoms with E-state index in [9.17, 15) is 0 Å². The minimum absolute atomic E-state index is 0.541. The van der Waals surface area contributed by atoms with Gasteiger partial charge in [0, 0.05) is 29.5 Å². The Morgan fingerprint density at radius 2 is 2.18 bits per heavy atom. The number of alkyl halides is 1. The average Bonchev–Trinajstić information content (AvgIpc) is 2.37. The third-order valence-corrected chi connectivity index (χ3v) is 4.01. The molecule has 1 heterocycles. The van der Waals surface area contributed by atoms with Gasteiger partial charge in [-0.05, 0) is 37.7 Å². The summed E-state index contributed by atoms with van der Waals surface area (Å²) in [7, 11) is 2.15. The predicted octanol–water partition coefficient (Wildman–Crippen LogP) is 3.45. The molecule has 2 nitrogen and oxygen atoms in total. The molecule has 0 amide bonds. The second-order valence-corrected chi connectivity index (χ2v) is 5.10. The van der Waals surface area contributed by atoms with Crippen LogP contribution in [0.4, 0.5) is 0 Å². The van der Waals surface area contributed by atoms with Crippen LogP contribution in [-0.2, 0) is 6.54 Å². The van der Waals surface area contributed by atoms with Gasteiger partial charge in [0.25, 0.3) is 0 Å². The average molecular weight is 293 g/mol. The van der Waals surface area contributed by atoms with E-state index in [0.717, 1.165) is 17.4 Å². The number of hydrogen-bond acceptors (Lipinski definition) is 2. The third-order valence-electron chi connectivity index (χ3n) is 3.08. The van der Waals surface area contributed by atoms with Crippen LogP contribution in [0.3, 0.4) is 0 Å². The van der Waals surface area contributed by atoms with Gasteiger partial charge in [-0.1, -0.05) is 28.1 Å². The lowest BCUT2D eigenvalue weighted by Gasteiger charge is -2.22. The predicted molar refractivity (Wildman–Crippen MR) is 76.5 cm³/mol. The minimum Gasteiger partial charge on any atom is -0.299 e. The molecule has 1 aromatic carbocycles.